The van der Waals surface area contributed by atoms with E-state index >= 15 is 0 Å². The van der Waals surface area contributed by atoms with Gasteiger partial charge in [-0.15, -0.1) is 0 Å². The summed E-state index contributed by atoms with van der Waals surface area (Å²) in [6.45, 7) is 1.36. The summed E-state index contributed by atoms with van der Waals surface area (Å²) >= 11 is 0. The van der Waals surface area contributed by atoms with Crippen molar-refractivity contribution in [3.05, 3.63) is 83.9 Å². The zero-order valence-electron chi connectivity index (χ0n) is 15.4. The van der Waals surface area contributed by atoms with Crippen molar-refractivity contribution in [3.8, 4) is 0 Å². The third-order valence-corrected chi connectivity index (χ3v) is 4.27. The van der Waals surface area contributed by atoms with Crippen LogP contribution in [0.2, 0.25) is 0 Å². The lowest BCUT2D eigenvalue weighted by atomic mass is 10.1. The number of rotatable bonds is 8. The van der Waals surface area contributed by atoms with Gasteiger partial charge in [-0.05, 0) is 36.1 Å². The molecule has 1 aromatic carbocycles. The Morgan fingerprint density at radius 3 is 2.33 bits per heavy atom. The fraction of sp³-hybridized carbons (Fsp3) is 0.238. The van der Waals surface area contributed by atoms with Crippen LogP contribution in [0.1, 0.15) is 21.5 Å². The third kappa shape index (κ3) is 5.60. The number of nitrogens with one attached hydrogen (secondary N) is 1. The van der Waals surface area contributed by atoms with Gasteiger partial charge in [-0.3, -0.25) is 9.78 Å². The van der Waals surface area contributed by atoms with Crippen LogP contribution in [-0.2, 0) is 12.8 Å². The summed E-state index contributed by atoms with van der Waals surface area (Å²) in [5.74, 6) is 0.446. The summed E-state index contributed by atoms with van der Waals surface area (Å²) < 4.78 is 0. The zero-order chi connectivity index (χ0) is 18.9. The summed E-state index contributed by atoms with van der Waals surface area (Å²) in [6.07, 6.45) is 8.34. The highest BCUT2D eigenvalue weighted by atomic mass is 16.2. The molecule has 3 aromatic rings. The molecule has 1 amide bonds. The minimum Gasteiger partial charge on any atom is -0.354 e. The number of amides is 1. The molecule has 0 spiro atoms. The molecule has 0 aliphatic carbocycles. The van der Waals surface area contributed by atoms with Crippen molar-refractivity contribution >= 4 is 11.9 Å². The lowest BCUT2D eigenvalue weighted by Gasteiger charge is -2.17. The minimum absolute atomic E-state index is 0.0834. The van der Waals surface area contributed by atoms with Gasteiger partial charge in [0.2, 0.25) is 5.95 Å². The molecule has 0 fully saturated rings. The Hall–Kier alpha value is -3.28. The van der Waals surface area contributed by atoms with Crippen molar-refractivity contribution in [2.45, 2.75) is 12.8 Å². The zero-order valence-corrected chi connectivity index (χ0v) is 15.4. The number of benzene rings is 1. The molecule has 138 valence electrons. The van der Waals surface area contributed by atoms with Crippen molar-refractivity contribution < 1.29 is 4.79 Å². The molecule has 0 saturated heterocycles. The Morgan fingerprint density at radius 1 is 0.963 bits per heavy atom. The van der Waals surface area contributed by atoms with Gasteiger partial charge in [-0.1, -0.05) is 30.3 Å². The van der Waals surface area contributed by atoms with Crippen molar-refractivity contribution in [2.75, 3.05) is 25.5 Å². The first-order valence-corrected chi connectivity index (χ1v) is 8.96. The van der Waals surface area contributed by atoms with E-state index in [2.05, 4.69) is 32.4 Å². The van der Waals surface area contributed by atoms with Crippen molar-refractivity contribution in [2.24, 2.45) is 0 Å². The second-order valence-corrected chi connectivity index (χ2v) is 6.29. The second-order valence-electron chi connectivity index (χ2n) is 6.29. The monoisotopic (exact) mass is 361 g/mol. The van der Waals surface area contributed by atoms with Crippen molar-refractivity contribution in [1.82, 2.24) is 19.9 Å². The normalized spacial score (nSPS) is 10.4. The number of likely N-dealkylation sites (N-methyl/N-ethyl adjacent to an activating group) is 1. The Balaban J connectivity index is 1.47. The van der Waals surface area contributed by atoms with Crippen LogP contribution in [0.4, 0.5) is 5.95 Å². The highest BCUT2D eigenvalue weighted by Crippen LogP contribution is 2.06. The number of carbonyl (C=O) groups is 1. The van der Waals surface area contributed by atoms with Crippen LogP contribution >= 0.6 is 0 Å². The van der Waals surface area contributed by atoms with Gasteiger partial charge in [0.05, 0.1) is 5.56 Å². The van der Waals surface area contributed by atoms with Crippen LogP contribution in [0.3, 0.4) is 0 Å². The number of nitrogens with zero attached hydrogens (tertiary/aromatic N) is 4. The molecule has 1 N–H and O–H groups in total. The molecule has 0 atom stereocenters. The largest absolute Gasteiger partial charge is 0.354 e. The van der Waals surface area contributed by atoms with E-state index in [-0.39, 0.29) is 5.91 Å². The van der Waals surface area contributed by atoms with Gasteiger partial charge in [0.25, 0.3) is 5.91 Å². The smallest absolute Gasteiger partial charge is 0.256 e. The average Bonchev–Trinajstić information content (AvgIpc) is 2.73. The molecular weight excluding hydrogens is 338 g/mol. The second kappa shape index (κ2) is 9.43. The number of hydrogen-bond acceptors (Lipinski definition) is 5. The minimum atomic E-state index is -0.0834. The molecular formula is C21H23N5O. The molecule has 0 unspecified atom stereocenters. The van der Waals surface area contributed by atoms with Crippen LogP contribution in [0.15, 0.2) is 67.3 Å². The SMILES string of the molecule is CN(CCc1ccncc1)C(=O)c1cnc(NCCc2ccccc2)nc1. The van der Waals surface area contributed by atoms with Gasteiger partial charge in [-0.25, -0.2) is 9.97 Å². The predicted molar refractivity (Wildman–Crippen MR) is 106 cm³/mol. The molecule has 0 saturated carbocycles. The van der Waals surface area contributed by atoms with Crippen LogP contribution in [0.25, 0.3) is 0 Å². The van der Waals surface area contributed by atoms with Crippen LogP contribution < -0.4 is 5.32 Å². The Labute approximate surface area is 159 Å². The molecule has 6 heteroatoms. The maximum atomic E-state index is 12.5. The fourth-order valence-corrected chi connectivity index (χ4v) is 2.66. The Bertz CT molecular complexity index is 837. The van der Waals surface area contributed by atoms with E-state index in [0.717, 1.165) is 24.9 Å². The number of pyridine rings is 1. The van der Waals surface area contributed by atoms with E-state index < -0.39 is 0 Å². The molecule has 6 nitrogen and oxygen atoms in total. The highest BCUT2D eigenvalue weighted by molar-refractivity contribution is 5.93. The summed E-state index contributed by atoms with van der Waals surface area (Å²) in [5.41, 5.74) is 2.90. The maximum Gasteiger partial charge on any atom is 0.256 e. The Kier molecular flexibility index (Phi) is 6.46. The number of hydrogen-bond donors (Lipinski definition) is 1. The molecule has 0 aliphatic heterocycles. The summed E-state index contributed by atoms with van der Waals surface area (Å²) in [7, 11) is 1.79. The van der Waals surface area contributed by atoms with Gasteiger partial charge in [0.1, 0.15) is 0 Å². The van der Waals surface area contributed by atoms with Gasteiger partial charge < -0.3 is 10.2 Å². The standard InChI is InChI=1S/C21H23N5O/c1-26(14-10-18-7-11-22-12-8-18)20(27)19-15-24-21(25-16-19)23-13-9-17-5-3-2-4-6-17/h2-8,11-12,15-16H,9-10,13-14H2,1H3,(H,23,24,25). The van der Waals surface area contributed by atoms with Crippen molar-refractivity contribution in [3.63, 3.8) is 0 Å². The van der Waals surface area contributed by atoms with Crippen LogP contribution in [-0.4, -0.2) is 45.9 Å². The molecule has 0 aliphatic rings. The van der Waals surface area contributed by atoms with E-state index in [1.807, 2.05) is 30.3 Å². The first-order valence-electron chi connectivity index (χ1n) is 8.96. The highest BCUT2D eigenvalue weighted by Gasteiger charge is 2.12. The van der Waals surface area contributed by atoms with Crippen LogP contribution in [0.5, 0.6) is 0 Å². The van der Waals surface area contributed by atoms with E-state index in [4.69, 9.17) is 0 Å². The van der Waals surface area contributed by atoms with Gasteiger partial charge >= 0.3 is 0 Å². The number of carbonyl (C=O) groups excluding carboxylic acids is 1. The summed E-state index contributed by atoms with van der Waals surface area (Å²) in [5, 5.41) is 3.18. The van der Waals surface area contributed by atoms with Gasteiger partial charge in [-0.2, -0.15) is 0 Å². The first kappa shape index (κ1) is 18.5. The van der Waals surface area contributed by atoms with Gasteiger partial charge in [0, 0.05) is 44.9 Å². The molecule has 27 heavy (non-hydrogen) atoms. The first-order chi connectivity index (χ1) is 13.2. The summed E-state index contributed by atoms with van der Waals surface area (Å²) in [4.78, 5) is 26.7. The Morgan fingerprint density at radius 2 is 1.63 bits per heavy atom. The molecule has 2 heterocycles. The van der Waals surface area contributed by atoms with E-state index in [1.165, 1.54) is 5.56 Å². The predicted octanol–water partition coefficient (Wildman–Crippen LogP) is 2.84. The fourth-order valence-electron chi connectivity index (χ4n) is 2.66. The van der Waals surface area contributed by atoms with E-state index in [1.54, 1.807) is 36.7 Å². The quantitative estimate of drug-likeness (QED) is 0.668. The van der Waals surface area contributed by atoms with Crippen LogP contribution in [0, 0.1) is 0 Å². The average molecular weight is 361 g/mol. The number of aromatic nitrogens is 3. The lowest BCUT2D eigenvalue weighted by Crippen LogP contribution is -2.29. The molecule has 0 radical (unpaired) electrons. The van der Waals surface area contributed by atoms with E-state index in [9.17, 15) is 4.79 Å². The van der Waals surface area contributed by atoms with Gasteiger partial charge in [0.15, 0.2) is 0 Å². The molecule has 3 rings (SSSR count). The topological polar surface area (TPSA) is 71.0 Å². The third-order valence-electron chi connectivity index (χ3n) is 4.27. The molecule has 0 bridgehead atoms. The number of anilines is 1. The summed E-state index contributed by atoms with van der Waals surface area (Å²) in [6, 6.07) is 14.1. The van der Waals surface area contributed by atoms with Crippen molar-refractivity contribution in [1.29, 1.82) is 0 Å². The maximum absolute atomic E-state index is 12.5. The molecule has 2 aromatic heterocycles. The van der Waals surface area contributed by atoms with E-state index in [0.29, 0.717) is 18.1 Å². The lowest BCUT2D eigenvalue weighted by molar-refractivity contribution is 0.0796.